The molecular weight excluding hydrogens is 378 g/mol. The number of hydrogen-bond acceptors (Lipinski definition) is 5. The van der Waals surface area contributed by atoms with Gasteiger partial charge in [-0.3, -0.25) is 9.59 Å². The fourth-order valence-electron chi connectivity index (χ4n) is 3.26. The summed E-state index contributed by atoms with van der Waals surface area (Å²) in [7, 11) is 0. The van der Waals surface area contributed by atoms with Crippen LogP contribution >= 0.6 is 22.7 Å². The molecule has 1 fully saturated rings. The molecule has 1 aromatic carbocycles. The van der Waals surface area contributed by atoms with E-state index in [4.69, 9.17) is 0 Å². The fraction of sp³-hybridized carbons (Fsp3) is 0.143. The third-order valence-corrected chi connectivity index (χ3v) is 6.44. The van der Waals surface area contributed by atoms with Crippen LogP contribution in [0.2, 0.25) is 0 Å². The number of hydrogen-bond donors (Lipinski definition) is 1. The van der Waals surface area contributed by atoms with Gasteiger partial charge in [0.1, 0.15) is 11.8 Å². The molecule has 4 rings (SSSR count). The van der Waals surface area contributed by atoms with Gasteiger partial charge in [0, 0.05) is 20.2 Å². The number of rotatable bonds is 4. The summed E-state index contributed by atoms with van der Waals surface area (Å²) in [4.78, 5) is 30.2. The van der Waals surface area contributed by atoms with Gasteiger partial charge in [-0.15, -0.1) is 22.7 Å². The minimum absolute atomic E-state index is 0.126. The lowest BCUT2D eigenvalue weighted by Crippen LogP contribution is -2.28. The van der Waals surface area contributed by atoms with E-state index in [1.165, 1.54) is 11.3 Å². The van der Waals surface area contributed by atoms with Crippen molar-refractivity contribution in [3.63, 3.8) is 0 Å². The Bertz CT molecular complexity index is 1020. The predicted molar refractivity (Wildman–Crippen MR) is 108 cm³/mol. The Morgan fingerprint density at radius 2 is 1.85 bits per heavy atom. The largest absolute Gasteiger partial charge is 0.507 e. The molecule has 1 aliphatic rings. The number of carbonyl (C=O) groups excluding carboxylic acids is 2. The summed E-state index contributed by atoms with van der Waals surface area (Å²) in [6, 6.07) is 16.1. The first-order valence-electron chi connectivity index (χ1n) is 8.49. The van der Waals surface area contributed by atoms with Crippen LogP contribution in [0, 0.1) is 6.92 Å². The molecule has 1 atom stereocenters. The summed E-state index contributed by atoms with van der Waals surface area (Å²) in [5.41, 5.74) is 0.689. The molecule has 4 nitrogen and oxygen atoms in total. The van der Waals surface area contributed by atoms with Crippen LogP contribution in [0.3, 0.4) is 0 Å². The van der Waals surface area contributed by atoms with Crippen LogP contribution in [-0.2, 0) is 16.1 Å². The maximum atomic E-state index is 12.8. The summed E-state index contributed by atoms with van der Waals surface area (Å²) in [5.74, 6) is -1.33. The molecular formula is C21H17NO3S2. The van der Waals surface area contributed by atoms with Crippen LogP contribution in [0.1, 0.15) is 26.2 Å². The second-order valence-corrected chi connectivity index (χ2v) is 8.67. The number of thiophene rings is 2. The van der Waals surface area contributed by atoms with Crippen molar-refractivity contribution in [2.45, 2.75) is 19.5 Å². The molecule has 1 amide bonds. The lowest BCUT2D eigenvalue weighted by Gasteiger charge is -2.23. The van der Waals surface area contributed by atoms with E-state index in [1.807, 2.05) is 42.6 Å². The zero-order chi connectivity index (χ0) is 19.0. The second kappa shape index (κ2) is 7.13. The van der Waals surface area contributed by atoms with Crippen molar-refractivity contribution in [3.8, 4) is 0 Å². The monoisotopic (exact) mass is 395 g/mol. The van der Waals surface area contributed by atoms with Gasteiger partial charge in [-0.25, -0.2) is 0 Å². The van der Waals surface area contributed by atoms with Gasteiger partial charge in [-0.1, -0.05) is 36.4 Å². The van der Waals surface area contributed by atoms with Crippen molar-refractivity contribution >= 4 is 40.1 Å². The second-order valence-electron chi connectivity index (χ2n) is 6.32. The van der Waals surface area contributed by atoms with Crippen LogP contribution < -0.4 is 0 Å². The van der Waals surface area contributed by atoms with Gasteiger partial charge in [0.15, 0.2) is 0 Å². The smallest absolute Gasteiger partial charge is 0.296 e. The number of aryl methyl sites for hydroxylation is 1. The van der Waals surface area contributed by atoms with Crippen LogP contribution in [-0.4, -0.2) is 21.7 Å². The highest BCUT2D eigenvalue weighted by Gasteiger charge is 2.46. The van der Waals surface area contributed by atoms with Crippen LogP contribution in [0.15, 0.2) is 65.6 Å². The highest BCUT2D eigenvalue weighted by molar-refractivity contribution is 7.12. The Kier molecular flexibility index (Phi) is 4.68. The molecule has 1 unspecified atom stereocenters. The SMILES string of the molecule is Cc1ccc(C2/C(=C(\O)c3ccccc3)C(=O)C(=O)N2Cc2cccs2)s1. The minimum atomic E-state index is -0.635. The number of likely N-dealkylation sites (tertiary alicyclic amines) is 1. The molecule has 1 saturated heterocycles. The standard InChI is InChI=1S/C21H17NO3S2/c1-13-9-10-16(27-13)18-17(19(23)14-6-3-2-4-7-14)20(24)21(25)22(18)12-15-8-5-11-26-15/h2-11,18,23H,12H2,1H3/b19-17+. The minimum Gasteiger partial charge on any atom is -0.507 e. The Morgan fingerprint density at radius 1 is 1.07 bits per heavy atom. The fourth-order valence-corrected chi connectivity index (χ4v) is 4.96. The van der Waals surface area contributed by atoms with Crippen molar-refractivity contribution in [2.75, 3.05) is 0 Å². The summed E-state index contributed by atoms with van der Waals surface area (Å²) >= 11 is 3.07. The predicted octanol–water partition coefficient (Wildman–Crippen LogP) is 4.74. The number of carbonyl (C=O) groups is 2. The summed E-state index contributed by atoms with van der Waals surface area (Å²) in [5, 5.41) is 12.8. The zero-order valence-electron chi connectivity index (χ0n) is 14.6. The van der Waals surface area contributed by atoms with E-state index in [0.717, 1.165) is 14.6 Å². The lowest BCUT2D eigenvalue weighted by molar-refractivity contribution is -0.140. The molecule has 0 aliphatic carbocycles. The number of Topliss-reactive ketones (excluding diaryl/α,β-unsaturated/α-hetero) is 1. The van der Waals surface area contributed by atoms with Crippen molar-refractivity contribution in [1.29, 1.82) is 0 Å². The number of benzene rings is 1. The van der Waals surface area contributed by atoms with Crippen molar-refractivity contribution in [3.05, 3.63) is 85.7 Å². The third-order valence-electron chi connectivity index (χ3n) is 4.52. The maximum absolute atomic E-state index is 12.8. The molecule has 6 heteroatoms. The van der Waals surface area contributed by atoms with Gasteiger partial charge in [-0.2, -0.15) is 0 Å². The summed E-state index contributed by atoms with van der Waals surface area (Å²) in [6.07, 6.45) is 0. The van der Waals surface area contributed by atoms with Gasteiger partial charge in [0.2, 0.25) is 0 Å². The van der Waals surface area contributed by atoms with E-state index >= 15 is 0 Å². The maximum Gasteiger partial charge on any atom is 0.296 e. The van der Waals surface area contributed by atoms with Gasteiger partial charge < -0.3 is 10.0 Å². The van der Waals surface area contributed by atoms with Crippen LogP contribution in [0.5, 0.6) is 0 Å². The average Bonchev–Trinajstić information content (AvgIpc) is 3.39. The Morgan fingerprint density at radius 3 is 2.48 bits per heavy atom. The van der Waals surface area contributed by atoms with Gasteiger partial charge >= 0.3 is 0 Å². The first-order chi connectivity index (χ1) is 13.1. The quantitative estimate of drug-likeness (QED) is 0.394. The van der Waals surface area contributed by atoms with Crippen molar-refractivity contribution < 1.29 is 14.7 Å². The topological polar surface area (TPSA) is 57.6 Å². The average molecular weight is 396 g/mol. The molecule has 136 valence electrons. The highest BCUT2D eigenvalue weighted by Crippen LogP contribution is 2.42. The van der Waals surface area contributed by atoms with Gasteiger partial charge in [-0.05, 0) is 30.5 Å². The number of amides is 1. The molecule has 3 heterocycles. The zero-order valence-corrected chi connectivity index (χ0v) is 16.2. The molecule has 27 heavy (non-hydrogen) atoms. The van der Waals surface area contributed by atoms with Crippen molar-refractivity contribution in [2.24, 2.45) is 0 Å². The molecule has 0 radical (unpaired) electrons. The number of aliphatic hydroxyl groups is 1. The van der Waals surface area contributed by atoms with E-state index in [2.05, 4.69) is 0 Å². The molecule has 0 bridgehead atoms. The molecule has 0 saturated carbocycles. The Labute approximate surface area is 165 Å². The first kappa shape index (κ1) is 17.7. The number of ketones is 1. The van der Waals surface area contributed by atoms with E-state index in [-0.39, 0.29) is 11.3 Å². The van der Waals surface area contributed by atoms with E-state index < -0.39 is 17.7 Å². The third kappa shape index (κ3) is 3.22. The molecule has 1 aliphatic heterocycles. The van der Waals surface area contributed by atoms with E-state index in [1.54, 1.807) is 40.5 Å². The number of aliphatic hydroxyl groups excluding tert-OH is 1. The number of nitrogens with zero attached hydrogens (tertiary/aromatic N) is 1. The Hall–Kier alpha value is -2.70. The highest BCUT2D eigenvalue weighted by atomic mass is 32.1. The normalized spacial score (nSPS) is 19.0. The van der Waals surface area contributed by atoms with Gasteiger partial charge in [0.05, 0.1) is 12.1 Å². The Balaban J connectivity index is 1.86. The van der Waals surface area contributed by atoms with E-state index in [0.29, 0.717) is 12.1 Å². The first-order valence-corrected chi connectivity index (χ1v) is 10.2. The summed E-state index contributed by atoms with van der Waals surface area (Å²) < 4.78 is 0. The molecule has 0 spiro atoms. The molecule has 2 aromatic heterocycles. The van der Waals surface area contributed by atoms with E-state index in [9.17, 15) is 14.7 Å². The lowest BCUT2D eigenvalue weighted by atomic mass is 10.00. The van der Waals surface area contributed by atoms with Crippen LogP contribution in [0.4, 0.5) is 0 Å². The van der Waals surface area contributed by atoms with Gasteiger partial charge in [0.25, 0.3) is 11.7 Å². The van der Waals surface area contributed by atoms with Crippen molar-refractivity contribution in [1.82, 2.24) is 4.90 Å². The summed E-state index contributed by atoms with van der Waals surface area (Å²) in [6.45, 7) is 2.33. The van der Waals surface area contributed by atoms with Crippen LogP contribution in [0.25, 0.3) is 5.76 Å². The molecule has 1 N–H and O–H groups in total. The molecule has 3 aromatic rings.